The summed E-state index contributed by atoms with van der Waals surface area (Å²) in [6, 6.07) is 15.0. The molecule has 0 spiro atoms. The van der Waals surface area contributed by atoms with Crippen molar-refractivity contribution in [1.82, 2.24) is 15.2 Å². The van der Waals surface area contributed by atoms with Gasteiger partial charge in [-0.2, -0.15) is 0 Å². The highest BCUT2D eigenvalue weighted by Crippen LogP contribution is 2.33. The van der Waals surface area contributed by atoms with E-state index in [2.05, 4.69) is 10.3 Å². The number of aromatic amines is 1. The first-order valence-electron chi connectivity index (χ1n) is 11.3. The van der Waals surface area contributed by atoms with E-state index in [9.17, 15) is 9.59 Å². The Labute approximate surface area is 191 Å². The van der Waals surface area contributed by atoms with E-state index in [1.807, 2.05) is 42.5 Å². The molecule has 172 valence electrons. The zero-order valence-corrected chi connectivity index (χ0v) is 18.3. The summed E-state index contributed by atoms with van der Waals surface area (Å²) in [5.41, 5.74) is 1.96. The number of pyridine rings is 1. The Kier molecular flexibility index (Phi) is 6.17. The second-order valence-electron chi connectivity index (χ2n) is 8.37. The van der Waals surface area contributed by atoms with Crippen molar-refractivity contribution >= 4 is 16.9 Å². The van der Waals surface area contributed by atoms with Gasteiger partial charge in [0.2, 0.25) is 0 Å². The molecular weight excluding hydrogens is 422 g/mol. The van der Waals surface area contributed by atoms with Gasteiger partial charge in [-0.25, -0.2) is 4.79 Å². The third kappa shape index (κ3) is 4.96. The number of nitrogens with zero attached hydrogens (tertiary/aromatic N) is 1. The number of hydrogen-bond acceptors (Lipinski definition) is 5. The summed E-state index contributed by atoms with van der Waals surface area (Å²) in [5.74, 6) is 1.28. The van der Waals surface area contributed by atoms with E-state index >= 15 is 0 Å². The Balaban J connectivity index is 1.38. The number of amides is 2. The van der Waals surface area contributed by atoms with Gasteiger partial charge in [-0.1, -0.05) is 30.3 Å². The monoisotopic (exact) mass is 449 g/mol. The second kappa shape index (κ2) is 9.54. The van der Waals surface area contributed by atoms with Gasteiger partial charge >= 0.3 is 6.03 Å². The fraction of sp³-hybridized carbons (Fsp3) is 0.360. The van der Waals surface area contributed by atoms with Gasteiger partial charge in [0.1, 0.15) is 13.2 Å². The molecule has 1 aromatic heterocycles. The predicted octanol–water partition coefficient (Wildman–Crippen LogP) is 3.19. The van der Waals surface area contributed by atoms with Crippen LogP contribution in [0.25, 0.3) is 10.9 Å². The maximum absolute atomic E-state index is 13.1. The van der Waals surface area contributed by atoms with Crippen molar-refractivity contribution in [3.05, 3.63) is 70.0 Å². The van der Waals surface area contributed by atoms with Crippen molar-refractivity contribution in [3.8, 4) is 11.5 Å². The molecule has 1 fully saturated rings. The third-order valence-corrected chi connectivity index (χ3v) is 5.97. The van der Waals surface area contributed by atoms with Crippen molar-refractivity contribution in [3.63, 3.8) is 0 Å². The Morgan fingerprint density at radius 1 is 1.06 bits per heavy atom. The highest BCUT2D eigenvalue weighted by molar-refractivity contribution is 5.83. The topological polar surface area (TPSA) is 92.9 Å². The van der Waals surface area contributed by atoms with Gasteiger partial charge in [-0.3, -0.25) is 4.79 Å². The van der Waals surface area contributed by atoms with Crippen molar-refractivity contribution < 1.29 is 19.0 Å². The fourth-order valence-corrected chi connectivity index (χ4v) is 4.25. The lowest BCUT2D eigenvalue weighted by Gasteiger charge is -2.26. The Morgan fingerprint density at radius 2 is 1.85 bits per heavy atom. The molecule has 0 bridgehead atoms. The molecule has 2 aliphatic heterocycles. The Morgan fingerprint density at radius 3 is 2.61 bits per heavy atom. The van der Waals surface area contributed by atoms with Gasteiger partial charge < -0.3 is 29.4 Å². The lowest BCUT2D eigenvalue weighted by atomic mass is 10.1. The number of urea groups is 1. The summed E-state index contributed by atoms with van der Waals surface area (Å²) < 4.78 is 17.0. The predicted molar refractivity (Wildman–Crippen MR) is 124 cm³/mol. The van der Waals surface area contributed by atoms with Crippen molar-refractivity contribution in [2.24, 2.45) is 0 Å². The van der Waals surface area contributed by atoms with Gasteiger partial charge in [-0.05, 0) is 30.5 Å². The number of carbonyl (C=O) groups is 1. The fourth-order valence-electron chi connectivity index (χ4n) is 4.25. The molecule has 3 aromatic rings. The Bertz CT molecular complexity index is 1190. The van der Waals surface area contributed by atoms with Crippen LogP contribution in [-0.2, 0) is 17.8 Å². The quantitative estimate of drug-likeness (QED) is 0.603. The van der Waals surface area contributed by atoms with Gasteiger partial charge in [0.05, 0.1) is 18.2 Å². The maximum atomic E-state index is 13.1. The summed E-state index contributed by atoms with van der Waals surface area (Å²) in [7, 11) is 0. The molecule has 2 aliphatic rings. The Hall–Kier alpha value is -3.52. The van der Waals surface area contributed by atoms with Gasteiger partial charge in [0, 0.05) is 36.7 Å². The van der Waals surface area contributed by atoms with Crippen molar-refractivity contribution in [2.75, 3.05) is 26.4 Å². The minimum Gasteiger partial charge on any atom is -0.486 e. The van der Waals surface area contributed by atoms with Crippen LogP contribution < -0.4 is 20.3 Å². The van der Waals surface area contributed by atoms with E-state index in [-0.39, 0.29) is 24.2 Å². The van der Waals surface area contributed by atoms with Crippen LogP contribution in [0.2, 0.25) is 0 Å². The van der Waals surface area contributed by atoms with E-state index in [1.54, 1.807) is 11.0 Å². The molecule has 33 heavy (non-hydrogen) atoms. The molecule has 2 amide bonds. The highest BCUT2D eigenvalue weighted by atomic mass is 16.6. The molecule has 8 heteroatoms. The van der Waals surface area contributed by atoms with Crippen LogP contribution in [0.5, 0.6) is 11.5 Å². The summed E-state index contributed by atoms with van der Waals surface area (Å²) in [6.45, 7) is 2.70. The van der Waals surface area contributed by atoms with Crippen LogP contribution in [0, 0.1) is 0 Å². The van der Waals surface area contributed by atoms with Gasteiger partial charge in [-0.15, -0.1) is 0 Å². The van der Waals surface area contributed by atoms with Crippen LogP contribution in [0.1, 0.15) is 24.0 Å². The van der Waals surface area contributed by atoms with E-state index in [1.165, 1.54) is 0 Å². The number of hydrogen-bond donors (Lipinski definition) is 2. The number of aromatic nitrogens is 1. The summed E-state index contributed by atoms with van der Waals surface area (Å²) in [5, 5.41) is 3.80. The SMILES string of the molecule is O=C(NCc1ccccc1)N(Cc1cc2cc3c(cc2[nH]c1=O)OCCO3)C[C@@H]1CCCO1. The average molecular weight is 450 g/mol. The summed E-state index contributed by atoms with van der Waals surface area (Å²) >= 11 is 0. The molecule has 8 nitrogen and oxygen atoms in total. The molecule has 2 aromatic carbocycles. The standard InChI is InChI=1S/C25H27N3O5/c29-24-19(11-18-12-22-23(13-21(18)27-24)33-10-9-32-22)15-28(16-20-7-4-8-31-20)25(30)26-14-17-5-2-1-3-6-17/h1-3,5-6,11-13,20H,4,7-10,14-16H2,(H,26,30)(H,27,29)/t20-/m0/s1. The molecule has 2 N–H and O–H groups in total. The number of carbonyl (C=O) groups excluding carboxylic acids is 1. The zero-order valence-electron chi connectivity index (χ0n) is 18.3. The van der Waals surface area contributed by atoms with E-state index in [0.717, 1.165) is 23.8 Å². The first kappa shape index (κ1) is 21.3. The molecule has 0 unspecified atom stereocenters. The molecule has 5 rings (SSSR count). The van der Waals surface area contributed by atoms with Crippen LogP contribution in [0.15, 0.2) is 53.3 Å². The molecule has 0 radical (unpaired) electrons. The molecule has 1 atom stereocenters. The number of benzene rings is 2. The zero-order chi connectivity index (χ0) is 22.6. The van der Waals surface area contributed by atoms with Crippen LogP contribution in [0.3, 0.4) is 0 Å². The molecule has 0 aliphatic carbocycles. The molecule has 0 saturated carbocycles. The minimum atomic E-state index is -0.229. The van der Waals surface area contributed by atoms with Crippen molar-refractivity contribution in [1.29, 1.82) is 0 Å². The lowest BCUT2D eigenvalue weighted by molar-refractivity contribution is 0.0793. The van der Waals surface area contributed by atoms with Crippen LogP contribution in [0.4, 0.5) is 4.79 Å². The first-order chi connectivity index (χ1) is 16.2. The average Bonchev–Trinajstić information content (AvgIpc) is 3.35. The van der Waals surface area contributed by atoms with E-state index in [4.69, 9.17) is 14.2 Å². The van der Waals surface area contributed by atoms with Crippen LogP contribution in [-0.4, -0.2) is 48.4 Å². The molecule has 3 heterocycles. The smallest absolute Gasteiger partial charge is 0.318 e. The number of rotatable bonds is 6. The normalized spacial score (nSPS) is 17.2. The summed E-state index contributed by atoms with van der Waals surface area (Å²) in [6.07, 6.45) is 1.86. The van der Waals surface area contributed by atoms with E-state index in [0.29, 0.717) is 55.5 Å². The number of ether oxygens (including phenoxy) is 3. The third-order valence-electron chi connectivity index (χ3n) is 5.97. The second-order valence-corrected chi connectivity index (χ2v) is 8.37. The van der Waals surface area contributed by atoms with Crippen LogP contribution >= 0.6 is 0 Å². The largest absolute Gasteiger partial charge is 0.486 e. The van der Waals surface area contributed by atoms with Crippen molar-refractivity contribution in [2.45, 2.75) is 32.0 Å². The number of fused-ring (bicyclic) bond motifs is 2. The lowest BCUT2D eigenvalue weighted by Crippen LogP contribution is -2.43. The van der Waals surface area contributed by atoms with E-state index < -0.39 is 0 Å². The number of nitrogens with one attached hydrogen (secondary N) is 2. The van der Waals surface area contributed by atoms with Gasteiger partial charge in [0.25, 0.3) is 5.56 Å². The molecule has 1 saturated heterocycles. The number of H-pyrrole nitrogens is 1. The highest BCUT2D eigenvalue weighted by Gasteiger charge is 2.24. The van der Waals surface area contributed by atoms with Gasteiger partial charge in [0.15, 0.2) is 11.5 Å². The maximum Gasteiger partial charge on any atom is 0.318 e. The first-order valence-corrected chi connectivity index (χ1v) is 11.3. The molecular formula is C25H27N3O5. The minimum absolute atomic E-state index is 0.0235. The summed E-state index contributed by atoms with van der Waals surface area (Å²) in [4.78, 5) is 30.5.